The van der Waals surface area contributed by atoms with Gasteiger partial charge in [-0.05, 0) is 33.1 Å². The van der Waals surface area contributed by atoms with Crippen LogP contribution in [-0.4, -0.2) is 24.8 Å². The molecule has 0 aromatic carbocycles. The molecule has 21 heavy (non-hydrogen) atoms. The predicted molar refractivity (Wildman–Crippen MR) is 95.9 cm³/mol. The number of nitrogens with zero attached hydrogens (tertiary/aromatic N) is 1. The van der Waals surface area contributed by atoms with Crippen LogP contribution in [0.4, 0.5) is 0 Å². The summed E-state index contributed by atoms with van der Waals surface area (Å²) >= 11 is 0. The highest BCUT2D eigenvalue weighted by molar-refractivity contribution is 5.78. The summed E-state index contributed by atoms with van der Waals surface area (Å²) in [7, 11) is 0. The lowest BCUT2D eigenvalue weighted by Gasteiger charge is -2.03. The minimum atomic E-state index is 0.132. The third-order valence-corrected chi connectivity index (χ3v) is 1.71. The molecule has 0 saturated carbocycles. The van der Waals surface area contributed by atoms with Gasteiger partial charge in [-0.25, -0.2) is 0 Å². The molecule has 0 aliphatic carbocycles. The molecule has 0 aromatic rings. The van der Waals surface area contributed by atoms with Gasteiger partial charge in [0.15, 0.2) is 0 Å². The SMILES string of the molecule is CC.CC.CC.CCCNC(=O)CCCCON=C(C)C. The van der Waals surface area contributed by atoms with Gasteiger partial charge in [0.05, 0.1) is 5.71 Å². The number of rotatable bonds is 8. The zero-order valence-electron chi connectivity index (χ0n) is 16.0. The van der Waals surface area contributed by atoms with Gasteiger partial charge in [-0.2, -0.15) is 0 Å². The Morgan fingerprint density at radius 2 is 1.52 bits per heavy atom. The lowest BCUT2D eigenvalue weighted by Crippen LogP contribution is -2.23. The second kappa shape index (κ2) is 31.4. The Morgan fingerprint density at radius 3 is 1.95 bits per heavy atom. The van der Waals surface area contributed by atoms with Crippen molar-refractivity contribution in [3.05, 3.63) is 0 Å². The maximum absolute atomic E-state index is 11.2. The van der Waals surface area contributed by atoms with Crippen LogP contribution in [0.25, 0.3) is 0 Å². The summed E-state index contributed by atoms with van der Waals surface area (Å²) in [4.78, 5) is 16.2. The first-order valence-corrected chi connectivity index (χ1v) is 8.56. The first-order valence-electron chi connectivity index (χ1n) is 8.56. The van der Waals surface area contributed by atoms with Gasteiger partial charge in [0.2, 0.25) is 5.91 Å². The molecule has 1 amide bonds. The molecule has 0 radical (unpaired) electrons. The number of amides is 1. The number of nitrogens with one attached hydrogen (secondary N) is 1. The Labute approximate surface area is 133 Å². The molecule has 0 aliphatic rings. The van der Waals surface area contributed by atoms with Gasteiger partial charge in [-0.15, -0.1) is 0 Å². The molecule has 0 bridgehead atoms. The fourth-order valence-corrected chi connectivity index (χ4v) is 0.980. The van der Waals surface area contributed by atoms with Crippen molar-refractivity contribution in [1.29, 1.82) is 0 Å². The molecule has 0 saturated heterocycles. The first kappa shape index (κ1) is 28.2. The molecule has 0 rings (SSSR count). The molecular weight excluding hydrogens is 264 g/mol. The van der Waals surface area contributed by atoms with Crippen LogP contribution in [0.3, 0.4) is 0 Å². The second-order valence-corrected chi connectivity index (χ2v) is 3.68. The Hall–Kier alpha value is -1.06. The monoisotopic (exact) mass is 304 g/mol. The third-order valence-electron chi connectivity index (χ3n) is 1.71. The Balaban J connectivity index is -0.000000212. The second-order valence-electron chi connectivity index (χ2n) is 3.68. The quantitative estimate of drug-likeness (QED) is 0.382. The molecule has 0 aromatic heterocycles. The van der Waals surface area contributed by atoms with Crippen molar-refractivity contribution in [3.8, 4) is 0 Å². The Morgan fingerprint density at radius 1 is 1.00 bits per heavy atom. The van der Waals surface area contributed by atoms with Crippen molar-refractivity contribution in [2.75, 3.05) is 13.2 Å². The van der Waals surface area contributed by atoms with Crippen LogP contribution in [-0.2, 0) is 9.63 Å². The molecule has 0 atom stereocenters. The van der Waals surface area contributed by atoms with Crippen LogP contribution in [0.5, 0.6) is 0 Å². The number of carbonyl (C=O) groups is 1. The van der Waals surface area contributed by atoms with E-state index in [-0.39, 0.29) is 5.91 Å². The molecule has 4 heteroatoms. The summed E-state index contributed by atoms with van der Waals surface area (Å²) in [6.07, 6.45) is 3.29. The Bertz CT molecular complexity index is 201. The van der Waals surface area contributed by atoms with E-state index < -0.39 is 0 Å². The molecule has 1 N–H and O–H groups in total. The van der Waals surface area contributed by atoms with E-state index in [2.05, 4.69) is 10.5 Å². The first-order chi connectivity index (χ1) is 10.2. The van der Waals surface area contributed by atoms with E-state index >= 15 is 0 Å². The zero-order chi connectivity index (χ0) is 17.5. The summed E-state index contributed by atoms with van der Waals surface area (Å²) in [5, 5.41) is 6.64. The number of hydrogen-bond donors (Lipinski definition) is 1. The summed E-state index contributed by atoms with van der Waals surface area (Å²) in [5.74, 6) is 0.132. The predicted octanol–water partition coefficient (Wildman–Crippen LogP) is 5.17. The van der Waals surface area contributed by atoms with Crippen molar-refractivity contribution < 1.29 is 9.63 Å². The average Bonchev–Trinajstić information content (AvgIpc) is 2.54. The van der Waals surface area contributed by atoms with Gasteiger partial charge in [-0.3, -0.25) is 4.79 Å². The van der Waals surface area contributed by atoms with Crippen LogP contribution in [0.2, 0.25) is 0 Å². The van der Waals surface area contributed by atoms with E-state index in [0.29, 0.717) is 13.0 Å². The third kappa shape index (κ3) is 38.1. The lowest BCUT2D eigenvalue weighted by molar-refractivity contribution is -0.121. The summed E-state index contributed by atoms with van der Waals surface area (Å²) < 4.78 is 0. The van der Waals surface area contributed by atoms with Gasteiger partial charge in [-0.1, -0.05) is 53.6 Å². The van der Waals surface area contributed by atoms with E-state index in [1.807, 2.05) is 62.3 Å². The van der Waals surface area contributed by atoms with Gasteiger partial charge >= 0.3 is 0 Å². The lowest BCUT2D eigenvalue weighted by atomic mass is 10.2. The molecule has 0 heterocycles. The fraction of sp³-hybridized carbons (Fsp3) is 0.882. The molecule has 130 valence electrons. The molecule has 0 fully saturated rings. The fourth-order valence-electron chi connectivity index (χ4n) is 0.980. The average molecular weight is 305 g/mol. The molecule has 0 spiro atoms. The molecule has 0 unspecified atom stereocenters. The topological polar surface area (TPSA) is 50.7 Å². The van der Waals surface area contributed by atoms with Crippen molar-refractivity contribution in [2.45, 2.75) is 88.0 Å². The van der Waals surface area contributed by atoms with Crippen LogP contribution < -0.4 is 5.32 Å². The number of oxime groups is 1. The summed E-state index contributed by atoms with van der Waals surface area (Å²) in [5.41, 5.74) is 0.913. The smallest absolute Gasteiger partial charge is 0.219 e. The van der Waals surface area contributed by atoms with Crippen LogP contribution >= 0.6 is 0 Å². The van der Waals surface area contributed by atoms with E-state index in [1.165, 1.54) is 0 Å². The van der Waals surface area contributed by atoms with Crippen molar-refractivity contribution >= 4 is 11.6 Å². The highest BCUT2D eigenvalue weighted by Crippen LogP contribution is 1.96. The standard InChI is InChI=1S/C11H22N2O2.3C2H6/c1-4-8-12-11(14)7-5-6-9-15-13-10(2)3;3*1-2/h4-9H2,1-3H3,(H,12,14);3*1-2H3. The van der Waals surface area contributed by atoms with Crippen molar-refractivity contribution in [2.24, 2.45) is 5.16 Å². The maximum atomic E-state index is 11.2. The Kier molecular flexibility index (Phi) is 42.1. The van der Waals surface area contributed by atoms with Crippen molar-refractivity contribution in [1.82, 2.24) is 5.32 Å². The zero-order valence-corrected chi connectivity index (χ0v) is 16.0. The normalized spacial score (nSPS) is 7.67. The van der Waals surface area contributed by atoms with E-state index in [9.17, 15) is 4.79 Å². The molecule has 4 nitrogen and oxygen atoms in total. The van der Waals surface area contributed by atoms with Gasteiger partial charge in [0.1, 0.15) is 6.61 Å². The summed E-state index contributed by atoms with van der Waals surface area (Å²) in [6.45, 7) is 19.2. The minimum Gasteiger partial charge on any atom is -0.396 e. The van der Waals surface area contributed by atoms with Crippen LogP contribution in [0, 0.1) is 0 Å². The van der Waals surface area contributed by atoms with Gasteiger partial charge < -0.3 is 10.2 Å². The van der Waals surface area contributed by atoms with Crippen molar-refractivity contribution in [3.63, 3.8) is 0 Å². The van der Waals surface area contributed by atoms with E-state index in [1.54, 1.807) is 0 Å². The molecular formula is C17H40N2O2. The number of unbranched alkanes of at least 4 members (excludes halogenated alkanes) is 1. The molecule has 0 aliphatic heterocycles. The highest BCUT2D eigenvalue weighted by atomic mass is 16.6. The number of hydrogen-bond acceptors (Lipinski definition) is 3. The van der Waals surface area contributed by atoms with E-state index in [0.717, 1.165) is 31.5 Å². The maximum Gasteiger partial charge on any atom is 0.219 e. The number of carbonyl (C=O) groups excluding carboxylic acids is 1. The van der Waals surface area contributed by atoms with Gasteiger partial charge in [0, 0.05) is 13.0 Å². The van der Waals surface area contributed by atoms with Crippen LogP contribution in [0.1, 0.15) is 88.0 Å². The largest absolute Gasteiger partial charge is 0.396 e. The van der Waals surface area contributed by atoms with Gasteiger partial charge in [0.25, 0.3) is 0 Å². The summed E-state index contributed by atoms with van der Waals surface area (Å²) in [6, 6.07) is 0. The van der Waals surface area contributed by atoms with Crippen LogP contribution in [0.15, 0.2) is 5.16 Å². The minimum absolute atomic E-state index is 0.132. The highest BCUT2D eigenvalue weighted by Gasteiger charge is 1.99. The van der Waals surface area contributed by atoms with E-state index in [4.69, 9.17) is 4.84 Å².